The molecule has 0 atom stereocenters. The highest BCUT2D eigenvalue weighted by molar-refractivity contribution is 5.94. The van der Waals surface area contributed by atoms with Gasteiger partial charge in [0.1, 0.15) is 29.2 Å². The third-order valence-corrected chi connectivity index (χ3v) is 2.26. The third-order valence-electron chi connectivity index (χ3n) is 2.26. The van der Waals surface area contributed by atoms with Gasteiger partial charge in [-0.25, -0.2) is 19.7 Å². The lowest BCUT2D eigenvalue weighted by atomic mass is 10.1. The topological polar surface area (TPSA) is 116 Å². The molecule has 7 nitrogen and oxygen atoms in total. The molecule has 0 unspecified atom stereocenters. The Labute approximate surface area is 101 Å². The quantitative estimate of drug-likeness (QED) is 0.676. The number of rotatable bonds is 2. The molecule has 0 radical (unpaired) electrons. The van der Waals surface area contributed by atoms with Crippen LogP contribution in [-0.2, 0) is 0 Å². The van der Waals surface area contributed by atoms with Gasteiger partial charge < -0.3 is 15.3 Å². The van der Waals surface area contributed by atoms with E-state index >= 15 is 0 Å². The number of carboxylic acid groups (broad SMARTS) is 1. The van der Waals surface area contributed by atoms with E-state index in [1.807, 2.05) is 0 Å². The monoisotopic (exact) mass is 247 g/mol. The summed E-state index contributed by atoms with van der Waals surface area (Å²) in [6.07, 6.45) is 1.24. The summed E-state index contributed by atoms with van der Waals surface area (Å²) in [5.41, 5.74) is -0.374. The molecule has 1 heterocycles. The van der Waals surface area contributed by atoms with Gasteiger partial charge in [0.2, 0.25) is 0 Å². The van der Waals surface area contributed by atoms with Crippen molar-refractivity contribution in [1.82, 2.24) is 15.0 Å². The molecule has 3 N–H and O–H groups in total. The van der Waals surface area contributed by atoms with E-state index in [1.54, 1.807) is 6.92 Å². The Balaban J connectivity index is 2.68. The first kappa shape index (κ1) is 11.8. The van der Waals surface area contributed by atoms with Crippen LogP contribution in [0, 0.1) is 6.92 Å². The fraction of sp³-hybridized carbons (Fsp3) is 0.0909. The number of carboxylic acids is 1. The molecule has 1 aromatic carbocycles. The van der Waals surface area contributed by atoms with Gasteiger partial charge in [0, 0.05) is 0 Å². The van der Waals surface area contributed by atoms with Crippen LogP contribution in [0.25, 0.3) is 11.4 Å². The van der Waals surface area contributed by atoms with Crippen molar-refractivity contribution in [2.45, 2.75) is 6.92 Å². The number of phenols is 2. The number of hydrogen-bond donors (Lipinski definition) is 3. The number of aromatic hydroxyl groups is 2. The lowest BCUT2D eigenvalue weighted by Gasteiger charge is -2.07. The van der Waals surface area contributed by atoms with Gasteiger partial charge in [-0.15, -0.1) is 0 Å². The fourth-order valence-corrected chi connectivity index (χ4v) is 1.46. The summed E-state index contributed by atoms with van der Waals surface area (Å²) in [7, 11) is 0. The second kappa shape index (κ2) is 4.28. The summed E-state index contributed by atoms with van der Waals surface area (Å²) in [6.45, 7) is 1.63. The first-order chi connectivity index (χ1) is 8.49. The number of carbonyl (C=O) groups is 1. The fourth-order valence-electron chi connectivity index (χ4n) is 1.46. The third kappa shape index (κ3) is 2.05. The Kier molecular flexibility index (Phi) is 2.80. The molecule has 0 bridgehead atoms. The van der Waals surface area contributed by atoms with E-state index in [4.69, 9.17) is 5.11 Å². The number of aromatic nitrogens is 3. The Hall–Kier alpha value is -2.70. The van der Waals surface area contributed by atoms with Crippen LogP contribution < -0.4 is 0 Å². The zero-order chi connectivity index (χ0) is 13.3. The van der Waals surface area contributed by atoms with Gasteiger partial charge in [-0.3, -0.25) is 0 Å². The van der Waals surface area contributed by atoms with Crippen LogP contribution in [0.2, 0.25) is 0 Å². The smallest absolute Gasteiger partial charge is 0.339 e. The molecule has 0 aliphatic carbocycles. The molecule has 1 aromatic heterocycles. The zero-order valence-electron chi connectivity index (χ0n) is 9.32. The van der Waals surface area contributed by atoms with Crippen molar-refractivity contribution >= 4 is 5.97 Å². The summed E-state index contributed by atoms with van der Waals surface area (Å²) in [4.78, 5) is 22.5. The molecule has 0 aliphatic heterocycles. The standard InChI is InChI=1S/C11H9N3O4/c1-5-12-4-13-10(14-5)7-2-6(15)3-8(9(7)16)11(17)18/h2-4,15-16H,1H3,(H,17,18). The van der Waals surface area contributed by atoms with E-state index in [1.165, 1.54) is 12.4 Å². The average molecular weight is 247 g/mol. The molecule has 0 spiro atoms. The second-order valence-corrected chi connectivity index (χ2v) is 3.55. The normalized spacial score (nSPS) is 10.3. The van der Waals surface area contributed by atoms with E-state index in [9.17, 15) is 15.0 Å². The van der Waals surface area contributed by atoms with Crippen molar-refractivity contribution < 1.29 is 20.1 Å². The number of aryl methyl sites for hydroxylation is 1. The van der Waals surface area contributed by atoms with Gasteiger partial charge in [-0.1, -0.05) is 0 Å². The minimum Gasteiger partial charge on any atom is -0.508 e. The Morgan fingerprint density at radius 3 is 2.56 bits per heavy atom. The first-order valence-corrected chi connectivity index (χ1v) is 4.94. The van der Waals surface area contributed by atoms with E-state index < -0.39 is 17.3 Å². The molecular formula is C11H9N3O4. The maximum Gasteiger partial charge on any atom is 0.339 e. The molecule has 2 aromatic rings. The molecule has 0 aliphatic rings. The molecule has 0 amide bonds. The van der Waals surface area contributed by atoms with Gasteiger partial charge in [0.15, 0.2) is 5.82 Å². The van der Waals surface area contributed by atoms with E-state index in [0.717, 1.165) is 6.07 Å². The van der Waals surface area contributed by atoms with Gasteiger partial charge in [-0.05, 0) is 19.1 Å². The lowest BCUT2D eigenvalue weighted by molar-refractivity contribution is 0.0693. The predicted molar refractivity (Wildman–Crippen MR) is 60.3 cm³/mol. The zero-order valence-corrected chi connectivity index (χ0v) is 9.32. The van der Waals surface area contributed by atoms with Crippen LogP contribution in [0.4, 0.5) is 0 Å². The number of nitrogens with zero attached hydrogens (tertiary/aromatic N) is 3. The summed E-state index contributed by atoms with van der Waals surface area (Å²) < 4.78 is 0. The SMILES string of the molecule is Cc1ncnc(-c2cc(O)cc(C(=O)O)c2O)n1. The van der Waals surface area contributed by atoms with Crippen molar-refractivity contribution in [3.05, 3.63) is 29.8 Å². The summed E-state index contributed by atoms with van der Waals surface area (Å²) in [5, 5.41) is 28.2. The maximum absolute atomic E-state index is 10.9. The highest BCUT2D eigenvalue weighted by atomic mass is 16.4. The van der Waals surface area contributed by atoms with Crippen molar-refractivity contribution in [3.63, 3.8) is 0 Å². The van der Waals surface area contributed by atoms with Crippen molar-refractivity contribution in [2.75, 3.05) is 0 Å². The second-order valence-electron chi connectivity index (χ2n) is 3.55. The predicted octanol–water partition coefficient (Wildman–Crippen LogP) is 0.956. The minimum absolute atomic E-state index is 0.0397. The molecule has 18 heavy (non-hydrogen) atoms. The summed E-state index contributed by atoms with van der Waals surface area (Å²) in [5.74, 6) is -1.63. The van der Waals surface area contributed by atoms with Crippen LogP contribution in [0.5, 0.6) is 11.5 Å². The first-order valence-electron chi connectivity index (χ1n) is 4.94. The van der Waals surface area contributed by atoms with Crippen molar-refractivity contribution in [1.29, 1.82) is 0 Å². The minimum atomic E-state index is -1.35. The van der Waals surface area contributed by atoms with Crippen molar-refractivity contribution in [2.24, 2.45) is 0 Å². The molecule has 92 valence electrons. The van der Waals surface area contributed by atoms with Crippen LogP contribution in [0.15, 0.2) is 18.5 Å². The molecule has 2 rings (SSSR count). The van der Waals surface area contributed by atoms with Gasteiger partial charge in [0.05, 0.1) is 5.56 Å². The van der Waals surface area contributed by atoms with Gasteiger partial charge in [0.25, 0.3) is 0 Å². The lowest BCUT2D eigenvalue weighted by Crippen LogP contribution is -2.00. The average Bonchev–Trinajstić information content (AvgIpc) is 2.31. The van der Waals surface area contributed by atoms with Crippen LogP contribution in [-0.4, -0.2) is 36.2 Å². The van der Waals surface area contributed by atoms with Crippen LogP contribution in [0.1, 0.15) is 16.2 Å². The van der Waals surface area contributed by atoms with Crippen molar-refractivity contribution in [3.8, 4) is 22.9 Å². The van der Waals surface area contributed by atoms with Gasteiger partial charge >= 0.3 is 5.97 Å². The molecule has 0 saturated heterocycles. The van der Waals surface area contributed by atoms with E-state index in [0.29, 0.717) is 5.82 Å². The highest BCUT2D eigenvalue weighted by Crippen LogP contribution is 2.33. The Morgan fingerprint density at radius 1 is 1.22 bits per heavy atom. The van der Waals surface area contributed by atoms with Gasteiger partial charge in [-0.2, -0.15) is 0 Å². The van der Waals surface area contributed by atoms with Crippen LogP contribution in [0.3, 0.4) is 0 Å². The van der Waals surface area contributed by atoms with Crippen LogP contribution >= 0.6 is 0 Å². The molecule has 7 heteroatoms. The largest absolute Gasteiger partial charge is 0.508 e. The summed E-state index contributed by atoms with van der Waals surface area (Å²) in [6, 6.07) is 2.14. The number of phenolic OH excluding ortho intramolecular Hbond substituents is 1. The number of benzene rings is 1. The maximum atomic E-state index is 10.9. The molecule has 0 fully saturated rings. The highest BCUT2D eigenvalue weighted by Gasteiger charge is 2.18. The van der Waals surface area contributed by atoms with E-state index in [-0.39, 0.29) is 17.1 Å². The number of aromatic carboxylic acids is 1. The Morgan fingerprint density at radius 2 is 1.94 bits per heavy atom. The molecular weight excluding hydrogens is 238 g/mol. The van der Waals surface area contributed by atoms with E-state index in [2.05, 4.69) is 15.0 Å². The Bertz CT molecular complexity index is 628. The summed E-state index contributed by atoms with van der Waals surface area (Å²) >= 11 is 0. The number of hydrogen-bond acceptors (Lipinski definition) is 6. The molecule has 0 saturated carbocycles.